The van der Waals surface area contributed by atoms with Gasteiger partial charge >= 0.3 is 0 Å². The van der Waals surface area contributed by atoms with E-state index in [9.17, 15) is 22.7 Å². The molecule has 1 aliphatic heterocycles. The van der Waals surface area contributed by atoms with Gasteiger partial charge in [0, 0.05) is 12.1 Å². The van der Waals surface area contributed by atoms with E-state index in [1.165, 1.54) is 6.07 Å². The molecule has 1 aromatic heterocycles. The number of nitrogens with two attached hydrogens (primary N) is 1. The lowest BCUT2D eigenvalue weighted by molar-refractivity contribution is 0.102. The molecule has 8 nitrogen and oxygen atoms in total. The van der Waals surface area contributed by atoms with Crippen LogP contribution in [0.5, 0.6) is 0 Å². The van der Waals surface area contributed by atoms with Gasteiger partial charge in [-0.15, -0.1) is 0 Å². The molecule has 0 saturated heterocycles. The molecule has 176 valence electrons. The molecule has 0 bridgehead atoms. The van der Waals surface area contributed by atoms with Crippen LogP contribution in [-0.2, 0) is 21.8 Å². The van der Waals surface area contributed by atoms with E-state index in [4.69, 9.17) is 5.73 Å². The van der Waals surface area contributed by atoms with Gasteiger partial charge in [-0.05, 0) is 61.6 Å². The van der Waals surface area contributed by atoms with Crippen molar-refractivity contribution in [2.24, 2.45) is 10.7 Å². The molecule has 1 fully saturated rings. The Morgan fingerprint density at radius 2 is 2.09 bits per heavy atom. The molecule has 2 aromatic rings. The Hall–Kier alpha value is -2.85. The average Bonchev–Trinajstić information content (AvgIpc) is 3.16. The number of carbonyl (C=O) groups excluding carboxylic acids is 1. The van der Waals surface area contributed by atoms with E-state index in [2.05, 4.69) is 15.3 Å². The summed E-state index contributed by atoms with van der Waals surface area (Å²) in [6, 6.07) is 7.66. The summed E-state index contributed by atoms with van der Waals surface area (Å²) in [7, 11) is -3.72. The number of nitrogens with zero attached hydrogens (tertiary/aromatic N) is 2. The quantitative estimate of drug-likeness (QED) is 0.622. The van der Waals surface area contributed by atoms with Gasteiger partial charge in [0.15, 0.2) is 9.84 Å². The Bertz CT molecular complexity index is 1230. The molecule has 2 aliphatic rings. The first kappa shape index (κ1) is 23.3. The number of carbonyl (C=O) groups is 1. The fourth-order valence-corrected chi connectivity index (χ4v) is 7.35. The minimum atomic E-state index is -3.72. The van der Waals surface area contributed by atoms with Crippen LogP contribution in [0.15, 0.2) is 41.5 Å². The second-order valence-corrected chi connectivity index (χ2v) is 11.3. The van der Waals surface area contributed by atoms with Gasteiger partial charge in [0.1, 0.15) is 22.1 Å². The third-order valence-corrected chi connectivity index (χ3v) is 9.35. The third-order valence-electron chi connectivity index (χ3n) is 6.64. The predicted molar refractivity (Wildman–Crippen MR) is 123 cm³/mol. The van der Waals surface area contributed by atoms with Crippen LogP contribution in [0.3, 0.4) is 0 Å². The highest BCUT2D eigenvalue weighted by Crippen LogP contribution is 2.46. The second kappa shape index (κ2) is 8.18. The van der Waals surface area contributed by atoms with E-state index in [0.717, 1.165) is 17.8 Å². The van der Waals surface area contributed by atoms with Crippen molar-refractivity contribution in [1.82, 2.24) is 4.98 Å². The minimum absolute atomic E-state index is 0.0276. The number of benzene rings is 1. The Kier molecular flexibility index (Phi) is 5.78. The molecule has 2 heterocycles. The normalized spacial score (nSPS) is 28.5. The topological polar surface area (TPSA) is 135 Å². The van der Waals surface area contributed by atoms with Crippen LogP contribution in [0.4, 0.5) is 10.1 Å². The molecule has 33 heavy (non-hydrogen) atoms. The average molecular weight is 475 g/mol. The van der Waals surface area contributed by atoms with Crippen LogP contribution in [-0.4, -0.2) is 46.9 Å². The molecule has 1 saturated carbocycles. The lowest BCUT2D eigenvalue weighted by Gasteiger charge is -2.40. The Morgan fingerprint density at radius 1 is 1.33 bits per heavy atom. The number of halogens is 1. The number of aliphatic hydroxyl groups is 1. The van der Waals surface area contributed by atoms with Crippen LogP contribution in [0.2, 0.25) is 0 Å². The molecular weight excluding hydrogens is 447 g/mol. The third kappa shape index (κ3) is 4.02. The second-order valence-electron chi connectivity index (χ2n) is 8.96. The fraction of sp³-hybridized carbons (Fsp3) is 0.435. The van der Waals surface area contributed by atoms with Gasteiger partial charge in [-0.25, -0.2) is 17.8 Å². The maximum atomic E-state index is 13.4. The van der Waals surface area contributed by atoms with Crippen molar-refractivity contribution in [3.8, 4) is 0 Å². The smallest absolute Gasteiger partial charge is 0.274 e. The number of nitrogens with one attached hydrogen (secondary N) is 1. The van der Waals surface area contributed by atoms with Gasteiger partial charge in [-0.3, -0.25) is 9.79 Å². The number of pyridine rings is 1. The lowest BCUT2D eigenvalue weighted by atomic mass is 9.88. The van der Waals surface area contributed by atoms with Crippen molar-refractivity contribution in [2.75, 3.05) is 11.1 Å². The largest absolute Gasteiger partial charge is 0.393 e. The van der Waals surface area contributed by atoms with Crippen molar-refractivity contribution in [3.63, 3.8) is 0 Å². The molecule has 3 unspecified atom stereocenters. The first-order valence-electron chi connectivity index (χ1n) is 10.8. The summed E-state index contributed by atoms with van der Waals surface area (Å²) in [5.41, 5.74) is 7.13. The number of amidine groups is 1. The summed E-state index contributed by atoms with van der Waals surface area (Å²) in [5, 5.41) is 12.7. The highest BCUT2D eigenvalue weighted by atomic mass is 32.2. The molecule has 4 N–H and O–H groups in total. The van der Waals surface area contributed by atoms with Gasteiger partial charge in [0.25, 0.3) is 5.91 Å². The summed E-state index contributed by atoms with van der Waals surface area (Å²) in [4.78, 5) is 21.0. The van der Waals surface area contributed by atoms with Gasteiger partial charge in [-0.1, -0.05) is 13.0 Å². The molecule has 1 spiro atoms. The molecule has 3 atom stereocenters. The van der Waals surface area contributed by atoms with E-state index in [0.29, 0.717) is 24.1 Å². The molecular formula is C23H27FN4O4S. The summed E-state index contributed by atoms with van der Waals surface area (Å²) >= 11 is 0. The maximum Gasteiger partial charge on any atom is 0.274 e. The van der Waals surface area contributed by atoms with E-state index >= 15 is 0 Å². The maximum absolute atomic E-state index is 13.4. The van der Waals surface area contributed by atoms with Crippen LogP contribution in [0, 0.1) is 5.82 Å². The zero-order chi connectivity index (χ0) is 24.0. The number of aryl methyl sites for hydroxylation is 1. The molecule has 1 aliphatic carbocycles. The molecule has 0 radical (unpaired) electrons. The molecule has 1 aromatic carbocycles. The lowest BCUT2D eigenvalue weighted by Crippen LogP contribution is -2.57. The zero-order valence-corrected chi connectivity index (χ0v) is 19.3. The summed E-state index contributed by atoms with van der Waals surface area (Å²) in [6.07, 6.45) is 1.54. The summed E-state index contributed by atoms with van der Waals surface area (Å²) in [5.74, 6) is -1.29. The first-order valence-corrected chi connectivity index (χ1v) is 12.5. The molecule has 4 rings (SSSR count). The number of aliphatic imine (C=N–C) groups is 1. The van der Waals surface area contributed by atoms with Gasteiger partial charge in [0.2, 0.25) is 0 Å². The highest BCUT2D eigenvalue weighted by molar-refractivity contribution is 7.93. The molecule has 1 amide bonds. The van der Waals surface area contributed by atoms with E-state index in [1.54, 1.807) is 19.1 Å². The van der Waals surface area contributed by atoms with E-state index in [1.807, 2.05) is 13.0 Å². The highest BCUT2D eigenvalue weighted by Gasteiger charge is 2.57. The molecule has 10 heteroatoms. The number of sulfone groups is 1. The number of hydrogen-bond donors (Lipinski definition) is 3. The standard InChI is InChI=1S/C23H27FN4O4S/c1-3-14-4-6-16(27-20(30)19-7-5-15(24)12-26-19)10-18(14)22(2)13-33(31,32)23(21(25)28-22)9-8-17(29)11-23/h4-7,10,12,17,29H,3,8-9,11,13H2,1-2H3,(H2,25,28)(H,27,30). The van der Waals surface area contributed by atoms with Gasteiger partial charge in [-0.2, -0.15) is 0 Å². The monoisotopic (exact) mass is 474 g/mol. The fourth-order valence-electron chi connectivity index (χ4n) is 4.87. The predicted octanol–water partition coefficient (Wildman–Crippen LogP) is 2.32. The van der Waals surface area contributed by atoms with Gasteiger partial charge in [0.05, 0.1) is 23.6 Å². The SMILES string of the molecule is CCc1ccc(NC(=O)c2ccc(F)cn2)cc1C1(C)CS(=O)(=O)C2(CCC(O)C2)C(N)=N1. The number of aliphatic hydroxyl groups excluding tert-OH is 1. The Balaban J connectivity index is 1.72. The van der Waals surface area contributed by atoms with Crippen molar-refractivity contribution < 1.29 is 22.7 Å². The number of anilines is 1. The van der Waals surface area contributed by atoms with Crippen LogP contribution >= 0.6 is 0 Å². The first-order chi connectivity index (χ1) is 15.5. The Morgan fingerprint density at radius 3 is 2.67 bits per heavy atom. The van der Waals surface area contributed by atoms with Crippen LogP contribution < -0.4 is 11.1 Å². The van der Waals surface area contributed by atoms with Gasteiger partial charge < -0.3 is 16.2 Å². The van der Waals surface area contributed by atoms with Crippen molar-refractivity contribution in [1.29, 1.82) is 0 Å². The van der Waals surface area contributed by atoms with E-state index in [-0.39, 0.29) is 30.1 Å². The summed E-state index contributed by atoms with van der Waals surface area (Å²) in [6.45, 7) is 3.67. The number of rotatable bonds is 4. The minimum Gasteiger partial charge on any atom is -0.393 e. The zero-order valence-electron chi connectivity index (χ0n) is 18.5. The van der Waals surface area contributed by atoms with Crippen molar-refractivity contribution in [3.05, 3.63) is 59.2 Å². The summed E-state index contributed by atoms with van der Waals surface area (Å²) < 4.78 is 38.7. The van der Waals surface area contributed by atoms with Crippen molar-refractivity contribution in [2.45, 2.75) is 55.9 Å². The van der Waals surface area contributed by atoms with Crippen LogP contribution in [0.25, 0.3) is 0 Å². The van der Waals surface area contributed by atoms with Crippen LogP contribution in [0.1, 0.15) is 54.7 Å². The van der Waals surface area contributed by atoms with Crippen molar-refractivity contribution >= 4 is 27.3 Å². The van der Waals surface area contributed by atoms with E-state index < -0.39 is 38.0 Å². The number of amides is 1. The number of aromatic nitrogens is 1. The Labute approximate surface area is 192 Å². The number of hydrogen-bond acceptors (Lipinski definition) is 7.